The number of unbranched alkanes of at least 4 members (excludes halogenated alkanes) is 5. The van der Waals surface area contributed by atoms with Crippen LogP contribution in [0.5, 0.6) is 0 Å². The van der Waals surface area contributed by atoms with Gasteiger partial charge < -0.3 is 5.32 Å². The lowest BCUT2D eigenvalue weighted by molar-refractivity contribution is 0.292. The minimum atomic E-state index is 0.535. The lowest BCUT2D eigenvalue weighted by atomic mass is 9.83. The SMILES string of the molecule is CCCCCCCCC(C)(C)CCNC. The molecule has 1 nitrogen and oxygen atoms in total. The quantitative estimate of drug-likeness (QED) is 0.531. The van der Waals surface area contributed by atoms with Crippen LogP contribution in [-0.4, -0.2) is 13.6 Å². The summed E-state index contributed by atoms with van der Waals surface area (Å²) in [5.41, 5.74) is 0.535. The van der Waals surface area contributed by atoms with Crippen LogP contribution in [0, 0.1) is 5.41 Å². The van der Waals surface area contributed by atoms with E-state index in [1.54, 1.807) is 0 Å². The van der Waals surface area contributed by atoms with Gasteiger partial charge in [-0.2, -0.15) is 0 Å². The molecule has 0 heterocycles. The fourth-order valence-corrected chi connectivity index (χ4v) is 1.97. The first kappa shape index (κ1) is 15.0. The molecule has 1 heteroatoms. The molecule has 0 radical (unpaired) electrons. The number of nitrogens with one attached hydrogen (secondary N) is 1. The van der Waals surface area contributed by atoms with E-state index >= 15 is 0 Å². The smallest absolute Gasteiger partial charge is 0.00468 e. The molecule has 1 N–H and O–H groups in total. The van der Waals surface area contributed by atoms with Crippen LogP contribution in [0.2, 0.25) is 0 Å². The summed E-state index contributed by atoms with van der Waals surface area (Å²) >= 11 is 0. The van der Waals surface area contributed by atoms with Gasteiger partial charge in [0.15, 0.2) is 0 Å². The maximum atomic E-state index is 3.24. The molecule has 0 aromatic rings. The van der Waals surface area contributed by atoms with Gasteiger partial charge in [-0.05, 0) is 31.8 Å². The average Bonchev–Trinajstić information content (AvgIpc) is 2.20. The highest BCUT2D eigenvalue weighted by molar-refractivity contribution is 4.69. The summed E-state index contributed by atoms with van der Waals surface area (Å²) < 4.78 is 0. The summed E-state index contributed by atoms with van der Waals surface area (Å²) in [6.45, 7) is 8.23. The van der Waals surface area contributed by atoms with E-state index in [1.807, 2.05) is 7.05 Å². The van der Waals surface area contributed by atoms with Crippen LogP contribution in [-0.2, 0) is 0 Å². The highest BCUT2D eigenvalue weighted by Gasteiger charge is 2.15. The normalized spacial score (nSPS) is 12.0. The van der Waals surface area contributed by atoms with Gasteiger partial charge in [-0.3, -0.25) is 0 Å². The lowest BCUT2D eigenvalue weighted by Gasteiger charge is -2.24. The van der Waals surface area contributed by atoms with Crippen LogP contribution < -0.4 is 5.32 Å². The Kier molecular flexibility index (Phi) is 9.18. The Bertz CT molecular complexity index is 129. The third kappa shape index (κ3) is 10.2. The summed E-state index contributed by atoms with van der Waals surface area (Å²) in [5.74, 6) is 0. The summed E-state index contributed by atoms with van der Waals surface area (Å²) in [7, 11) is 2.04. The Hall–Kier alpha value is -0.0400. The van der Waals surface area contributed by atoms with Crippen LogP contribution in [0.25, 0.3) is 0 Å². The third-order valence-electron chi connectivity index (χ3n) is 3.26. The molecule has 15 heavy (non-hydrogen) atoms. The van der Waals surface area contributed by atoms with Crippen LogP contribution in [0.15, 0.2) is 0 Å². The number of hydrogen-bond donors (Lipinski definition) is 1. The van der Waals surface area contributed by atoms with E-state index in [0.717, 1.165) is 6.54 Å². The minimum Gasteiger partial charge on any atom is -0.320 e. The molecule has 0 aliphatic heterocycles. The van der Waals surface area contributed by atoms with Gasteiger partial charge in [0.1, 0.15) is 0 Å². The van der Waals surface area contributed by atoms with Crippen molar-refractivity contribution in [3.63, 3.8) is 0 Å². The molecule has 0 atom stereocenters. The molecule has 0 aromatic heterocycles. The van der Waals surface area contributed by atoms with Crippen molar-refractivity contribution in [2.24, 2.45) is 5.41 Å². The zero-order valence-electron chi connectivity index (χ0n) is 11.4. The Balaban J connectivity index is 3.32. The molecule has 0 rings (SSSR count). The molecule has 0 fully saturated rings. The molecule has 0 amide bonds. The number of hydrogen-bond acceptors (Lipinski definition) is 1. The Morgan fingerprint density at radius 1 is 0.867 bits per heavy atom. The fraction of sp³-hybridized carbons (Fsp3) is 1.00. The third-order valence-corrected chi connectivity index (χ3v) is 3.26. The summed E-state index contributed by atoms with van der Waals surface area (Å²) in [4.78, 5) is 0. The fourth-order valence-electron chi connectivity index (χ4n) is 1.97. The molecule has 0 aromatic carbocycles. The van der Waals surface area contributed by atoms with Crippen molar-refractivity contribution in [2.75, 3.05) is 13.6 Å². The molecule has 0 bridgehead atoms. The Labute approximate surface area is 97.0 Å². The van der Waals surface area contributed by atoms with Crippen LogP contribution in [0.1, 0.15) is 72.1 Å². The van der Waals surface area contributed by atoms with Gasteiger partial charge in [0.25, 0.3) is 0 Å². The monoisotopic (exact) mass is 213 g/mol. The molecule has 0 saturated heterocycles. The van der Waals surface area contributed by atoms with Gasteiger partial charge >= 0.3 is 0 Å². The minimum absolute atomic E-state index is 0.535. The van der Waals surface area contributed by atoms with E-state index in [-0.39, 0.29) is 0 Å². The molecule has 0 aliphatic rings. The highest BCUT2D eigenvalue weighted by Crippen LogP contribution is 2.27. The topological polar surface area (TPSA) is 12.0 Å². The maximum Gasteiger partial charge on any atom is -0.00468 e. The van der Waals surface area contributed by atoms with Crippen LogP contribution >= 0.6 is 0 Å². The standard InChI is InChI=1S/C14H31N/c1-5-6-7-8-9-10-11-14(2,3)12-13-15-4/h15H,5-13H2,1-4H3. The Morgan fingerprint density at radius 2 is 1.47 bits per heavy atom. The second-order valence-corrected chi connectivity index (χ2v) is 5.54. The first-order valence-corrected chi connectivity index (χ1v) is 6.77. The van der Waals surface area contributed by atoms with Gasteiger partial charge in [-0.15, -0.1) is 0 Å². The lowest BCUT2D eigenvalue weighted by Crippen LogP contribution is -2.19. The van der Waals surface area contributed by atoms with E-state index < -0.39 is 0 Å². The largest absolute Gasteiger partial charge is 0.320 e. The molecule has 0 saturated carbocycles. The molecule has 92 valence electrons. The van der Waals surface area contributed by atoms with Crippen molar-refractivity contribution >= 4 is 0 Å². The van der Waals surface area contributed by atoms with Gasteiger partial charge in [-0.25, -0.2) is 0 Å². The predicted molar refractivity (Wildman–Crippen MR) is 70.3 cm³/mol. The van der Waals surface area contributed by atoms with Crippen LogP contribution in [0.3, 0.4) is 0 Å². The van der Waals surface area contributed by atoms with Crippen molar-refractivity contribution in [1.82, 2.24) is 5.32 Å². The number of rotatable bonds is 10. The van der Waals surface area contributed by atoms with Gasteiger partial charge in [-0.1, -0.05) is 59.3 Å². The molecule has 0 aliphatic carbocycles. The van der Waals surface area contributed by atoms with Gasteiger partial charge in [0, 0.05) is 0 Å². The second kappa shape index (κ2) is 9.21. The first-order chi connectivity index (χ1) is 7.12. The highest BCUT2D eigenvalue weighted by atomic mass is 14.8. The van der Waals surface area contributed by atoms with Crippen molar-refractivity contribution in [1.29, 1.82) is 0 Å². The van der Waals surface area contributed by atoms with Crippen molar-refractivity contribution in [3.05, 3.63) is 0 Å². The van der Waals surface area contributed by atoms with E-state index in [4.69, 9.17) is 0 Å². The predicted octanol–water partition coefficient (Wildman–Crippen LogP) is 4.37. The molecule has 0 spiro atoms. The zero-order chi connectivity index (χ0) is 11.6. The first-order valence-electron chi connectivity index (χ1n) is 6.77. The van der Waals surface area contributed by atoms with Gasteiger partial charge in [0.2, 0.25) is 0 Å². The molecular weight excluding hydrogens is 182 g/mol. The summed E-state index contributed by atoms with van der Waals surface area (Å²) in [5, 5.41) is 3.24. The van der Waals surface area contributed by atoms with Crippen molar-refractivity contribution in [3.8, 4) is 0 Å². The molecular formula is C14H31N. The zero-order valence-corrected chi connectivity index (χ0v) is 11.4. The summed E-state index contributed by atoms with van der Waals surface area (Å²) in [6.07, 6.45) is 11.2. The van der Waals surface area contributed by atoms with Crippen molar-refractivity contribution < 1.29 is 0 Å². The van der Waals surface area contributed by atoms with E-state index in [0.29, 0.717) is 5.41 Å². The summed E-state index contributed by atoms with van der Waals surface area (Å²) in [6, 6.07) is 0. The van der Waals surface area contributed by atoms with Gasteiger partial charge in [0.05, 0.1) is 0 Å². The molecule has 0 unspecified atom stereocenters. The van der Waals surface area contributed by atoms with Crippen molar-refractivity contribution in [2.45, 2.75) is 72.1 Å². The van der Waals surface area contributed by atoms with Crippen LogP contribution in [0.4, 0.5) is 0 Å². The van der Waals surface area contributed by atoms with E-state index in [2.05, 4.69) is 26.1 Å². The van der Waals surface area contributed by atoms with E-state index in [9.17, 15) is 0 Å². The maximum absolute atomic E-state index is 3.24. The second-order valence-electron chi connectivity index (χ2n) is 5.54. The Morgan fingerprint density at radius 3 is 2.07 bits per heavy atom. The average molecular weight is 213 g/mol. The van der Waals surface area contributed by atoms with E-state index in [1.165, 1.54) is 51.4 Å².